The maximum atomic E-state index is 11.8. The number of hydrogen-bond donors (Lipinski definition) is 2. The quantitative estimate of drug-likeness (QED) is 0.644. The summed E-state index contributed by atoms with van der Waals surface area (Å²) in [6.07, 6.45) is 4.99. The first-order chi connectivity index (χ1) is 8.16. The Morgan fingerprint density at radius 3 is 2.65 bits per heavy atom. The SMILES string of the molecule is O=S(=O)(CCCNC1CC1)NC1CCCOC1. The van der Waals surface area contributed by atoms with Crippen LogP contribution in [0.5, 0.6) is 0 Å². The third-order valence-electron chi connectivity index (χ3n) is 3.11. The Morgan fingerprint density at radius 2 is 2.00 bits per heavy atom. The smallest absolute Gasteiger partial charge is 0.211 e. The lowest BCUT2D eigenvalue weighted by atomic mass is 10.1. The molecule has 0 aromatic heterocycles. The molecule has 5 nitrogen and oxygen atoms in total. The molecule has 2 N–H and O–H groups in total. The van der Waals surface area contributed by atoms with Gasteiger partial charge in [-0.3, -0.25) is 0 Å². The number of ether oxygens (including phenoxy) is 1. The van der Waals surface area contributed by atoms with E-state index < -0.39 is 10.0 Å². The van der Waals surface area contributed by atoms with Crippen molar-refractivity contribution in [2.45, 2.75) is 44.2 Å². The summed E-state index contributed by atoms with van der Waals surface area (Å²) in [6.45, 7) is 2.07. The molecule has 0 amide bonds. The highest BCUT2D eigenvalue weighted by Crippen LogP contribution is 2.18. The molecule has 2 fully saturated rings. The molecule has 6 heteroatoms. The van der Waals surface area contributed by atoms with Crippen LogP contribution < -0.4 is 10.0 Å². The zero-order chi connectivity index (χ0) is 12.1. The van der Waals surface area contributed by atoms with Crippen LogP contribution in [0.2, 0.25) is 0 Å². The van der Waals surface area contributed by atoms with Gasteiger partial charge in [0, 0.05) is 18.7 Å². The van der Waals surface area contributed by atoms with Crippen molar-refractivity contribution in [2.75, 3.05) is 25.5 Å². The van der Waals surface area contributed by atoms with E-state index in [-0.39, 0.29) is 11.8 Å². The van der Waals surface area contributed by atoms with Gasteiger partial charge in [0.15, 0.2) is 0 Å². The molecule has 2 rings (SSSR count). The summed E-state index contributed by atoms with van der Waals surface area (Å²) in [4.78, 5) is 0. The van der Waals surface area contributed by atoms with Gasteiger partial charge in [0.25, 0.3) is 0 Å². The molecule has 1 saturated heterocycles. The van der Waals surface area contributed by atoms with Crippen molar-refractivity contribution in [3.05, 3.63) is 0 Å². The predicted molar refractivity (Wildman–Crippen MR) is 66.4 cm³/mol. The number of nitrogens with one attached hydrogen (secondary N) is 2. The van der Waals surface area contributed by atoms with Crippen LogP contribution in [0, 0.1) is 0 Å². The van der Waals surface area contributed by atoms with Gasteiger partial charge >= 0.3 is 0 Å². The van der Waals surface area contributed by atoms with Crippen molar-refractivity contribution in [2.24, 2.45) is 0 Å². The summed E-state index contributed by atoms with van der Waals surface area (Å²) in [7, 11) is -3.13. The van der Waals surface area contributed by atoms with Gasteiger partial charge < -0.3 is 10.1 Å². The Labute approximate surface area is 103 Å². The van der Waals surface area contributed by atoms with Gasteiger partial charge in [-0.1, -0.05) is 0 Å². The van der Waals surface area contributed by atoms with Crippen LogP contribution in [0.15, 0.2) is 0 Å². The van der Waals surface area contributed by atoms with Crippen molar-refractivity contribution >= 4 is 10.0 Å². The lowest BCUT2D eigenvalue weighted by Crippen LogP contribution is -2.41. The molecule has 2 aliphatic rings. The maximum Gasteiger partial charge on any atom is 0.211 e. The summed E-state index contributed by atoms with van der Waals surface area (Å²) in [5, 5.41) is 3.32. The molecule has 0 aromatic rings. The molecule has 100 valence electrons. The fourth-order valence-electron chi connectivity index (χ4n) is 2.00. The number of rotatable bonds is 7. The first-order valence-electron chi connectivity index (χ1n) is 6.47. The minimum atomic E-state index is -3.13. The molecular weight excluding hydrogens is 240 g/mol. The zero-order valence-electron chi connectivity index (χ0n) is 10.2. The molecule has 1 saturated carbocycles. The molecular formula is C11H22N2O3S. The topological polar surface area (TPSA) is 67.4 Å². The second-order valence-corrected chi connectivity index (χ2v) is 6.81. The first kappa shape index (κ1) is 13.3. The zero-order valence-corrected chi connectivity index (χ0v) is 11.0. The van der Waals surface area contributed by atoms with Crippen LogP contribution in [0.25, 0.3) is 0 Å². The molecule has 17 heavy (non-hydrogen) atoms. The molecule has 1 atom stereocenters. The molecule has 0 radical (unpaired) electrons. The Balaban J connectivity index is 1.62. The van der Waals surface area contributed by atoms with Crippen LogP contribution in [-0.2, 0) is 14.8 Å². The Kier molecular flexibility index (Phi) is 4.78. The first-order valence-corrected chi connectivity index (χ1v) is 8.12. The minimum Gasteiger partial charge on any atom is -0.380 e. The molecule has 0 bridgehead atoms. The van der Waals surface area contributed by atoms with E-state index >= 15 is 0 Å². The standard InChI is InChI=1S/C11H22N2O3S/c14-17(15,8-2-6-12-10-4-5-10)13-11-3-1-7-16-9-11/h10-13H,1-9H2. The highest BCUT2D eigenvalue weighted by Gasteiger charge is 2.22. The van der Waals surface area contributed by atoms with E-state index in [1.165, 1.54) is 12.8 Å². The van der Waals surface area contributed by atoms with E-state index in [1.54, 1.807) is 0 Å². The second-order valence-electron chi connectivity index (χ2n) is 4.93. The van der Waals surface area contributed by atoms with Crippen LogP contribution in [0.3, 0.4) is 0 Å². The van der Waals surface area contributed by atoms with Crippen LogP contribution >= 0.6 is 0 Å². The summed E-state index contributed by atoms with van der Waals surface area (Å²) < 4.78 is 31.5. The van der Waals surface area contributed by atoms with Crippen molar-refractivity contribution in [1.29, 1.82) is 0 Å². The second kappa shape index (κ2) is 6.13. The van der Waals surface area contributed by atoms with Crippen LogP contribution in [0.4, 0.5) is 0 Å². The molecule has 1 aliphatic heterocycles. The highest BCUT2D eigenvalue weighted by molar-refractivity contribution is 7.89. The Hall–Kier alpha value is -0.170. The Morgan fingerprint density at radius 1 is 1.18 bits per heavy atom. The van der Waals surface area contributed by atoms with Crippen LogP contribution in [-0.4, -0.2) is 46.0 Å². The van der Waals surface area contributed by atoms with E-state index in [1.807, 2.05) is 0 Å². The lowest BCUT2D eigenvalue weighted by Gasteiger charge is -2.22. The monoisotopic (exact) mass is 262 g/mol. The van der Waals surface area contributed by atoms with E-state index in [0.29, 0.717) is 19.1 Å². The van der Waals surface area contributed by atoms with Gasteiger partial charge in [-0.25, -0.2) is 13.1 Å². The summed E-state index contributed by atoms with van der Waals surface area (Å²) in [5.41, 5.74) is 0. The molecule has 0 aromatic carbocycles. The molecule has 1 unspecified atom stereocenters. The third kappa shape index (κ3) is 5.33. The molecule has 1 heterocycles. The fraction of sp³-hybridized carbons (Fsp3) is 1.00. The molecule has 1 aliphatic carbocycles. The minimum absolute atomic E-state index is 0.0230. The van der Waals surface area contributed by atoms with E-state index in [4.69, 9.17) is 4.74 Å². The van der Waals surface area contributed by atoms with E-state index in [2.05, 4.69) is 10.0 Å². The predicted octanol–water partition coefficient (Wildman–Crippen LogP) is 0.227. The van der Waals surface area contributed by atoms with Crippen LogP contribution in [0.1, 0.15) is 32.1 Å². The van der Waals surface area contributed by atoms with Gasteiger partial charge in [-0.05, 0) is 38.6 Å². The van der Waals surface area contributed by atoms with Crippen molar-refractivity contribution in [1.82, 2.24) is 10.0 Å². The average molecular weight is 262 g/mol. The van der Waals surface area contributed by atoms with E-state index in [9.17, 15) is 8.42 Å². The molecule has 0 spiro atoms. The summed E-state index contributed by atoms with van der Waals surface area (Å²) >= 11 is 0. The van der Waals surface area contributed by atoms with Crippen molar-refractivity contribution < 1.29 is 13.2 Å². The van der Waals surface area contributed by atoms with Crippen molar-refractivity contribution in [3.8, 4) is 0 Å². The number of sulfonamides is 1. The van der Waals surface area contributed by atoms with E-state index in [0.717, 1.165) is 26.0 Å². The highest BCUT2D eigenvalue weighted by atomic mass is 32.2. The summed E-state index contributed by atoms with van der Waals surface area (Å²) in [6, 6.07) is 0.627. The van der Waals surface area contributed by atoms with Gasteiger partial charge in [0.1, 0.15) is 0 Å². The maximum absolute atomic E-state index is 11.8. The van der Waals surface area contributed by atoms with Gasteiger partial charge in [-0.15, -0.1) is 0 Å². The lowest BCUT2D eigenvalue weighted by molar-refractivity contribution is 0.0774. The van der Waals surface area contributed by atoms with Crippen molar-refractivity contribution in [3.63, 3.8) is 0 Å². The van der Waals surface area contributed by atoms with Gasteiger partial charge in [-0.2, -0.15) is 0 Å². The average Bonchev–Trinajstić information content (AvgIpc) is 3.09. The fourth-order valence-corrected chi connectivity index (χ4v) is 3.34. The normalized spacial score (nSPS) is 26.0. The summed E-state index contributed by atoms with van der Waals surface area (Å²) in [5.74, 6) is 0.212. The largest absolute Gasteiger partial charge is 0.380 e. The number of hydrogen-bond acceptors (Lipinski definition) is 4. The third-order valence-corrected chi connectivity index (χ3v) is 4.63. The Bertz CT molecular complexity index is 322. The van der Waals surface area contributed by atoms with Gasteiger partial charge in [0.2, 0.25) is 10.0 Å². The van der Waals surface area contributed by atoms with Gasteiger partial charge in [0.05, 0.1) is 12.4 Å².